The van der Waals surface area contributed by atoms with Gasteiger partial charge in [0.15, 0.2) is 0 Å². The Balaban J connectivity index is 1.99. The number of anilines is 2. The van der Waals surface area contributed by atoms with Crippen LogP contribution in [0.4, 0.5) is 11.8 Å². The summed E-state index contributed by atoms with van der Waals surface area (Å²) in [6.07, 6.45) is 1.43. The molecule has 27 heavy (non-hydrogen) atoms. The largest absolute Gasteiger partial charge is 0.495 e. The molecule has 3 rings (SSSR count). The summed E-state index contributed by atoms with van der Waals surface area (Å²) in [7, 11) is 2.79. The molecule has 2 aromatic rings. The summed E-state index contributed by atoms with van der Waals surface area (Å²) in [6, 6.07) is 0. The second-order valence-corrected chi connectivity index (χ2v) is 6.50. The summed E-state index contributed by atoms with van der Waals surface area (Å²) in [5.41, 5.74) is 8.06. The zero-order valence-corrected chi connectivity index (χ0v) is 15.9. The molecule has 0 saturated carbocycles. The number of aromatic nitrogens is 3. The standard InChI is InChI=1S/C17H20ClN5O4/c1-8-11(20-4-10(13(8)26-2)16(25)27-3)6-23-5-9(7-24)12-14(18)21-17(19)22-15(12)23/h4,9,24H,5-7H2,1-3H3,(H2,19,21,22)/t9-/m1/s1. The smallest absolute Gasteiger partial charge is 0.343 e. The van der Waals surface area contributed by atoms with E-state index < -0.39 is 5.97 Å². The number of hydrogen-bond acceptors (Lipinski definition) is 9. The van der Waals surface area contributed by atoms with Crippen LogP contribution in [0.2, 0.25) is 5.15 Å². The van der Waals surface area contributed by atoms with E-state index in [4.69, 9.17) is 26.8 Å². The minimum Gasteiger partial charge on any atom is -0.495 e. The topological polar surface area (TPSA) is 124 Å². The van der Waals surface area contributed by atoms with Crippen molar-refractivity contribution in [2.24, 2.45) is 0 Å². The van der Waals surface area contributed by atoms with Crippen molar-refractivity contribution in [3.05, 3.63) is 33.7 Å². The zero-order valence-electron chi connectivity index (χ0n) is 15.2. The Morgan fingerprint density at radius 3 is 2.81 bits per heavy atom. The van der Waals surface area contributed by atoms with Crippen LogP contribution in [0.5, 0.6) is 5.75 Å². The van der Waals surface area contributed by atoms with Gasteiger partial charge < -0.3 is 25.2 Å². The first-order valence-corrected chi connectivity index (χ1v) is 8.58. The zero-order chi connectivity index (χ0) is 19.7. The first-order chi connectivity index (χ1) is 12.9. The Bertz CT molecular complexity index is 892. The summed E-state index contributed by atoms with van der Waals surface area (Å²) in [4.78, 5) is 26.5. The van der Waals surface area contributed by atoms with Crippen LogP contribution in [0.25, 0.3) is 0 Å². The third-order valence-electron chi connectivity index (χ3n) is 4.58. The quantitative estimate of drug-likeness (QED) is 0.571. The third kappa shape index (κ3) is 3.35. The molecule has 0 saturated heterocycles. The fourth-order valence-corrected chi connectivity index (χ4v) is 3.59. The number of carbonyl (C=O) groups is 1. The molecular formula is C17H20ClN5O4. The number of nitrogen functional groups attached to an aromatic ring is 1. The number of pyridine rings is 1. The maximum atomic E-state index is 11.9. The molecule has 0 aromatic carbocycles. The number of hydrogen-bond donors (Lipinski definition) is 2. The normalized spacial score (nSPS) is 15.6. The van der Waals surface area contributed by atoms with Gasteiger partial charge in [0.1, 0.15) is 22.3 Å². The highest BCUT2D eigenvalue weighted by atomic mass is 35.5. The molecule has 0 spiro atoms. The average Bonchev–Trinajstić information content (AvgIpc) is 3.00. The number of rotatable bonds is 5. The number of nitrogens with two attached hydrogens (primary N) is 1. The van der Waals surface area contributed by atoms with Gasteiger partial charge in [0.25, 0.3) is 0 Å². The number of fused-ring (bicyclic) bond motifs is 1. The summed E-state index contributed by atoms with van der Waals surface area (Å²) in [6.45, 7) is 2.59. The van der Waals surface area contributed by atoms with Gasteiger partial charge in [-0.25, -0.2) is 9.78 Å². The van der Waals surface area contributed by atoms with E-state index in [2.05, 4.69) is 15.0 Å². The summed E-state index contributed by atoms with van der Waals surface area (Å²) < 4.78 is 10.2. The molecule has 2 aromatic heterocycles. The minimum absolute atomic E-state index is 0.0608. The SMILES string of the molecule is COC(=O)c1cnc(CN2C[C@H](CO)c3c(Cl)nc(N)nc32)c(C)c1OC. The Morgan fingerprint density at radius 2 is 2.19 bits per heavy atom. The van der Waals surface area contributed by atoms with E-state index in [0.29, 0.717) is 41.5 Å². The number of nitrogens with zero attached hydrogens (tertiary/aromatic N) is 4. The van der Waals surface area contributed by atoms with Crippen molar-refractivity contribution in [2.75, 3.05) is 38.0 Å². The van der Waals surface area contributed by atoms with Gasteiger partial charge >= 0.3 is 5.97 Å². The lowest BCUT2D eigenvalue weighted by molar-refractivity contribution is 0.0596. The number of aliphatic hydroxyl groups excluding tert-OH is 1. The fraction of sp³-hybridized carbons (Fsp3) is 0.412. The van der Waals surface area contributed by atoms with Gasteiger partial charge in [-0.2, -0.15) is 4.98 Å². The number of halogens is 1. The van der Waals surface area contributed by atoms with Crippen LogP contribution in [0, 0.1) is 6.92 Å². The number of ether oxygens (including phenoxy) is 2. The van der Waals surface area contributed by atoms with E-state index >= 15 is 0 Å². The van der Waals surface area contributed by atoms with Gasteiger partial charge in [-0.1, -0.05) is 11.6 Å². The number of methoxy groups -OCH3 is 2. The lowest BCUT2D eigenvalue weighted by Crippen LogP contribution is -2.24. The Labute approximate surface area is 161 Å². The first-order valence-electron chi connectivity index (χ1n) is 8.20. The van der Waals surface area contributed by atoms with Crippen LogP contribution >= 0.6 is 11.6 Å². The molecule has 144 valence electrons. The molecular weight excluding hydrogens is 374 g/mol. The van der Waals surface area contributed by atoms with Crippen molar-refractivity contribution < 1.29 is 19.4 Å². The predicted octanol–water partition coefficient (Wildman–Crippen LogP) is 1.31. The molecule has 0 fully saturated rings. The lowest BCUT2D eigenvalue weighted by atomic mass is 10.1. The second kappa shape index (κ2) is 7.53. The Kier molecular flexibility index (Phi) is 5.33. The van der Waals surface area contributed by atoms with Crippen LogP contribution in [-0.2, 0) is 11.3 Å². The molecule has 3 N–H and O–H groups in total. The highest BCUT2D eigenvalue weighted by Crippen LogP contribution is 2.40. The van der Waals surface area contributed by atoms with Crippen molar-refractivity contribution in [1.82, 2.24) is 15.0 Å². The molecule has 0 amide bonds. The van der Waals surface area contributed by atoms with Crippen molar-refractivity contribution in [3.8, 4) is 5.75 Å². The molecule has 3 heterocycles. The van der Waals surface area contributed by atoms with E-state index in [1.54, 1.807) is 0 Å². The van der Waals surface area contributed by atoms with E-state index in [1.165, 1.54) is 20.4 Å². The van der Waals surface area contributed by atoms with Gasteiger partial charge in [0.2, 0.25) is 5.95 Å². The molecule has 10 heteroatoms. The monoisotopic (exact) mass is 393 g/mol. The van der Waals surface area contributed by atoms with Gasteiger partial charge in [-0.05, 0) is 6.92 Å². The molecule has 0 radical (unpaired) electrons. The van der Waals surface area contributed by atoms with Crippen LogP contribution < -0.4 is 15.4 Å². The van der Waals surface area contributed by atoms with Gasteiger partial charge in [-0.3, -0.25) is 4.98 Å². The average molecular weight is 394 g/mol. The van der Waals surface area contributed by atoms with E-state index in [1.807, 2.05) is 11.8 Å². The highest BCUT2D eigenvalue weighted by molar-refractivity contribution is 6.30. The molecule has 0 unspecified atom stereocenters. The number of aliphatic hydroxyl groups is 1. The molecule has 1 aliphatic heterocycles. The van der Waals surface area contributed by atoms with Gasteiger partial charge in [0.05, 0.1) is 33.1 Å². The summed E-state index contributed by atoms with van der Waals surface area (Å²) in [5, 5.41) is 9.93. The van der Waals surface area contributed by atoms with E-state index in [0.717, 1.165) is 0 Å². The maximum absolute atomic E-state index is 11.9. The summed E-state index contributed by atoms with van der Waals surface area (Å²) >= 11 is 6.21. The van der Waals surface area contributed by atoms with Crippen molar-refractivity contribution in [3.63, 3.8) is 0 Å². The molecule has 1 atom stereocenters. The summed E-state index contributed by atoms with van der Waals surface area (Å²) in [5.74, 6) is 0.303. The van der Waals surface area contributed by atoms with Gasteiger partial charge in [-0.15, -0.1) is 0 Å². The molecule has 9 nitrogen and oxygen atoms in total. The Morgan fingerprint density at radius 1 is 1.44 bits per heavy atom. The van der Waals surface area contributed by atoms with Crippen LogP contribution in [-0.4, -0.2) is 53.4 Å². The van der Waals surface area contributed by atoms with Crippen LogP contribution in [0.15, 0.2) is 6.20 Å². The Hall–Kier alpha value is -2.65. The molecule has 1 aliphatic rings. The van der Waals surface area contributed by atoms with Crippen molar-refractivity contribution >= 4 is 29.3 Å². The van der Waals surface area contributed by atoms with E-state index in [-0.39, 0.29) is 29.2 Å². The minimum atomic E-state index is -0.520. The van der Waals surface area contributed by atoms with Crippen molar-refractivity contribution in [2.45, 2.75) is 19.4 Å². The highest BCUT2D eigenvalue weighted by Gasteiger charge is 2.34. The number of carbonyl (C=O) groups excluding carboxylic acids is 1. The molecule has 0 bridgehead atoms. The van der Waals surface area contributed by atoms with E-state index in [9.17, 15) is 9.90 Å². The maximum Gasteiger partial charge on any atom is 0.343 e. The first kappa shape index (κ1) is 19.1. The third-order valence-corrected chi connectivity index (χ3v) is 4.87. The lowest BCUT2D eigenvalue weighted by Gasteiger charge is -2.21. The van der Waals surface area contributed by atoms with Crippen LogP contribution in [0.1, 0.15) is 33.1 Å². The van der Waals surface area contributed by atoms with Gasteiger partial charge in [0, 0.05) is 29.8 Å². The van der Waals surface area contributed by atoms with Crippen LogP contribution in [0.3, 0.4) is 0 Å². The predicted molar refractivity (Wildman–Crippen MR) is 99.2 cm³/mol. The fourth-order valence-electron chi connectivity index (χ4n) is 3.26. The molecule has 0 aliphatic carbocycles. The van der Waals surface area contributed by atoms with Crippen molar-refractivity contribution in [1.29, 1.82) is 0 Å². The number of esters is 1. The second-order valence-electron chi connectivity index (χ2n) is 6.14.